The van der Waals surface area contributed by atoms with Crippen molar-refractivity contribution < 1.29 is 18.0 Å². The van der Waals surface area contributed by atoms with Crippen molar-refractivity contribution >= 4 is 27.5 Å². The molecule has 0 radical (unpaired) electrons. The number of anilines is 1. The Balaban J connectivity index is 1.76. The van der Waals surface area contributed by atoms with E-state index in [1.165, 1.54) is 4.31 Å². The topological polar surface area (TPSA) is 110 Å². The molecule has 3 N–H and O–H groups in total. The number of hydrogen-bond donors (Lipinski definition) is 2. The monoisotopic (exact) mass is 429 g/mol. The SMILES string of the molecule is Cc1cc(C)c(S(=O)(=O)N2CCC[C@@H](C(=O)Nc3ccc(C(N)=O)cc3)C2)c(C)c1. The van der Waals surface area contributed by atoms with Crippen molar-refractivity contribution in [1.29, 1.82) is 0 Å². The number of benzene rings is 2. The van der Waals surface area contributed by atoms with Crippen molar-refractivity contribution in [3.8, 4) is 0 Å². The third-order valence-corrected chi connectivity index (χ3v) is 7.57. The van der Waals surface area contributed by atoms with Crippen molar-refractivity contribution in [3.05, 3.63) is 58.7 Å². The maximum absolute atomic E-state index is 13.3. The Bertz CT molecular complexity index is 1060. The van der Waals surface area contributed by atoms with E-state index in [1.54, 1.807) is 38.1 Å². The molecule has 1 atom stereocenters. The predicted octanol–water partition coefficient (Wildman–Crippen LogP) is 2.75. The third-order valence-electron chi connectivity index (χ3n) is 5.39. The number of nitrogens with two attached hydrogens (primary N) is 1. The van der Waals surface area contributed by atoms with E-state index in [1.807, 2.05) is 19.1 Å². The van der Waals surface area contributed by atoms with Crippen LogP contribution in [0.4, 0.5) is 5.69 Å². The van der Waals surface area contributed by atoms with Gasteiger partial charge in [-0.2, -0.15) is 4.31 Å². The van der Waals surface area contributed by atoms with Gasteiger partial charge in [-0.1, -0.05) is 17.7 Å². The van der Waals surface area contributed by atoms with Gasteiger partial charge in [-0.25, -0.2) is 8.42 Å². The maximum atomic E-state index is 13.3. The fourth-order valence-electron chi connectivity index (χ4n) is 4.04. The Morgan fingerprint density at radius 1 is 1.07 bits per heavy atom. The molecule has 7 nitrogen and oxygen atoms in total. The second kappa shape index (κ2) is 8.57. The first kappa shape index (κ1) is 22.0. The molecule has 0 spiro atoms. The van der Waals surface area contributed by atoms with Crippen LogP contribution in [0.25, 0.3) is 0 Å². The number of nitrogens with one attached hydrogen (secondary N) is 1. The highest BCUT2D eigenvalue weighted by Crippen LogP contribution is 2.29. The number of nitrogens with zero attached hydrogens (tertiary/aromatic N) is 1. The van der Waals surface area contributed by atoms with Crippen LogP contribution >= 0.6 is 0 Å². The lowest BCUT2D eigenvalue weighted by Gasteiger charge is -2.32. The molecular formula is C22H27N3O4S. The lowest BCUT2D eigenvalue weighted by molar-refractivity contribution is -0.120. The van der Waals surface area contributed by atoms with Crippen molar-refractivity contribution in [2.24, 2.45) is 11.7 Å². The predicted molar refractivity (Wildman–Crippen MR) is 116 cm³/mol. The third kappa shape index (κ3) is 4.55. The van der Waals surface area contributed by atoms with E-state index in [9.17, 15) is 18.0 Å². The fraction of sp³-hybridized carbons (Fsp3) is 0.364. The van der Waals surface area contributed by atoms with Gasteiger partial charge >= 0.3 is 0 Å². The number of aryl methyl sites for hydroxylation is 3. The minimum Gasteiger partial charge on any atom is -0.366 e. The van der Waals surface area contributed by atoms with Gasteiger partial charge in [-0.05, 0) is 69.0 Å². The van der Waals surface area contributed by atoms with E-state index in [2.05, 4.69) is 5.32 Å². The first-order chi connectivity index (χ1) is 14.1. The molecule has 2 aromatic carbocycles. The summed E-state index contributed by atoms with van der Waals surface area (Å²) >= 11 is 0. The Morgan fingerprint density at radius 2 is 1.67 bits per heavy atom. The van der Waals surface area contributed by atoms with Crippen molar-refractivity contribution in [1.82, 2.24) is 4.31 Å². The molecule has 30 heavy (non-hydrogen) atoms. The number of sulfonamides is 1. The highest BCUT2D eigenvalue weighted by molar-refractivity contribution is 7.89. The van der Waals surface area contributed by atoms with Crippen LogP contribution in [-0.4, -0.2) is 37.6 Å². The number of primary amides is 1. The van der Waals surface area contributed by atoms with Gasteiger partial charge in [0.1, 0.15) is 0 Å². The van der Waals surface area contributed by atoms with E-state index in [4.69, 9.17) is 5.73 Å². The van der Waals surface area contributed by atoms with Crippen molar-refractivity contribution in [3.63, 3.8) is 0 Å². The molecule has 8 heteroatoms. The van der Waals surface area contributed by atoms with Crippen LogP contribution in [-0.2, 0) is 14.8 Å². The summed E-state index contributed by atoms with van der Waals surface area (Å²) in [5.41, 5.74) is 8.57. The Kier molecular flexibility index (Phi) is 6.28. The van der Waals surface area contributed by atoms with E-state index >= 15 is 0 Å². The first-order valence-corrected chi connectivity index (χ1v) is 11.3. The zero-order valence-electron chi connectivity index (χ0n) is 17.4. The lowest BCUT2D eigenvalue weighted by Crippen LogP contribution is -2.44. The molecular weight excluding hydrogens is 402 g/mol. The Morgan fingerprint density at radius 3 is 2.23 bits per heavy atom. The number of carbonyl (C=O) groups excluding carboxylic acids is 2. The van der Waals surface area contributed by atoms with Crippen molar-refractivity contribution in [2.75, 3.05) is 18.4 Å². The number of amides is 2. The molecule has 3 rings (SSSR count). The average molecular weight is 430 g/mol. The van der Waals surface area contributed by atoms with Gasteiger partial charge in [-0.3, -0.25) is 9.59 Å². The van der Waals surface area contributed by atoms with Gasteiger partial charge in [0.05, 0.1) is 10.8 Å². The van der Waals surface area contributed by atoms with Gasteiger partial charge in [0, 0.05) is 24.3 Å². The summed E-state index contributed by atoms with van der Waals surface area (Å²) in [6.07, 6.45) is 1.23. The number of piperidine rings is 1. The molecule has 1 heterocycles. The fourth-order valence-corrected chi connectivity index (χ4v) is 5.98. The molecule has 1 aliphatic heterocycles. The van der Waals surface area contributed by atoms with E-state index < -0.39 is 21.8 Å². The summed E-state index contributed by atoms with van der Waals surface area (Å²) in [6.45, 7) is 6.08. The summed E-state index contributed by atoms with van der Waals surface area (Å²) in [5, 5.41) is 2.81. The summed E-state index contributed by atoms with van der Waals surface area (Å²) in [6, 6.07) is 10.0. The summed E-state index contributed by atoms with van der Waals surface area (Å²) in [7, 11) is -3.69. The number of hydrogen-bond acceptors (Lipinski definition) is 4. The number of rotatable bonds is 5. The van der Waals surface area contributed by atoms with Crippen LogP contribution in [0.1, 0.15) is 39.9 Å². The van der Waals surface area contributed by atoms with Crippen LogP contribution in [0.15, 0.2) is 41.3 Å². The van der Waals surface area contributed by atoms with Gasteiger partial charge in [0.25, 0.3) is 0 Å². The van der Waals surface area contributed by atoms with Gasteiger partial charge < -0.3 is 11.1 Å². The zero-order valence-corrected chi connectivity index (χ0v) is 18.3. The largest absolute Gasteiger partial charge is 0.366 e. The molecule has 0 saturated carbocycles. The molecule has 0 bridgehead atoms. The highest BCUT2D eigenvalue weighted by atomic mass is 32.2. The molecule has 2 amide bonds. The maximum Gasteiger partial charge on any atom is 0.248 e. The van der Waals surface area contributed by atoms with Gasteiger partial charge in [0.15, 0.2) is 0 Å². The normalized spacial score (nSPS) is 17.5. The van der Waals surface area contributed by atoms with Crippen LogP contribution in [0, 0.1) is 26.7 Å². The number of carbonyl (C=O) groups is 2. The zero-order chi connectivity index (χ0) is 22.1. The second-order valence-corrected chi connectivity index (χ2v) is 9.74. The lowest BCUT2D eigenvalue weighted by atomic mass is 9.98. The van der Waals surface area contributed by atoms with E-state index in [-0.39, 0.29) is 12.5 Å². The van der Waals surface area contributed by atoms with Crippen molar-refractivity contribution in [2.45, 2.75) is 38.5 Å². The first-order valence-electron chi connectivity index (χ1n) is 9.88. The molecule has 1 saturated heterocycles. The molecule has 0 aromatic heterocycles. The van der Waals surface area contributed by atoms with Crippen LogP contribution in [0.3, 0.4) is 0 Å². The second-order valence-electron chi connectivity index (χ2n) is 7.86. The van der Waals surface area contributed by atoms with Gasteiger partial charge in [-0.15, -0.1) is 0 Å². The smallest absolute Gasteiger partial charge is 0.248 e. The summed E-state index contributed by atoms with van der Waals surface area (Å²) in [4.78, 5) is 24.2. The van der Waals surface area contributed by atoms with Crippen LogP contribution < -0.4 is 11.1 Å². The van der Waals surface area contributed by atoms with E-state index in [0.29, 0.717) is 46.7 Å². The molecule has 1 aliphatic rings. The minimum absolute atomic E-state index is 0.139. The van der Waals surface area contributed by atoms with Gasteiger partial charge in [0.2, 0.25) is 21.8 Å². The molecule has 160 valence electrons. The highest BCUT2D eigenvalue weighted by Gasteiger charge is 2.34. The Hall–Kier alpha value is -2.71. The molecule has 0 unspecified atom stereocenters. The molecule has 0 aliphatic carbocycles. The standard InChI is InChI=1S/C22H27N3O4S/c1-14-11-15(2)20(16(3)12-14)30(28,29)25-10-4-5-18(13-25)22(27)24-19-8-6-17(7-9-19)21(23)26/h6-9,11-12,18H,4-5,10,13H2,1-3H3,(H2,23,26)(H,24,27)/t18-/m1/s1. The molecule has 2 aromatic rings. The molecule has 1 fully saturated rings. The Labute approximate surface area is 177 Å². The van der Waals surface area contributed by atoms with Crippen LogP contribution in [0.5, 0.6) is 0 Å². The van der Waals surface area contributed by atoms with E-state index in [0.717, 1.165) is 5.56 Å². The van der Waals surface area contributed by atoms with Crippen LogP contribution in [0.2, 0.25) is 0 Å². The minimum atomic E-state index is -3.69. The quantitative estimate of drug-likeness (QED) is 0.761. The summed E-state index contributed by atoms with van der Waals surface area (Å²) in [5.74, 6) is -1.22. The summed E-state index contributed by atoms with van der Waals surface area (Å²) < 4.78 is 28.1. The average Bonchev–Trinajstić information content (AvgIpc) is 2.67.